The van der Waals surface area contributed by atoms with Crippen molar-refractivity contribution in [2.24, 2.45) is 5.92 Å². The van der Waals surface area contributed by atoms with E-state index in [2.05, 4.69) is 0 Å². The van der Waals surface area contributed by atoms with Crippen molar-refractivity contribution in [2.45, 2.75) is 26.6 Å². The molecule has 1 rings (SSSR count). The maximum atomic E-state index is 11.3. The van der Waals surface area contributed by atoms with Crippen molar-refractivity contribution in [2.75, 3.05) is 13.7 Å². The highest BCUT2D eigenvalue weighted by Gasteiger charge is 2.31. The van der Waals surface area contributed by atoms with E-state index in [1.807, 2.05) is 6.92 Å². The van der Waals surface area contributed by atoms with E-state index in [0.717, 1.165) is 6.42 Å². The zero-order valence-electron chi connectivity index (χ0n) is 8.78. The second kappa shape index (κ2) is 5.00. The van der Waals surface area contributed by atoms with Gasteiger partial charge in [0, 0.05) is 13.0 Å². The second-order valence-electron chi connectivity index (χ2n) is 3.05. The topological polar surface area (TPSA) is 44.8 Å². The van der Waals surface area contributed by atoms with Gasteiger partial charge in [-0.05, 0) is 19.4 Å². The summed E-state index contributed by atoms with van der Waals surface area (Å²) in [6.07, 6.45) is 2.30. The summed E-state index contributed by atoms with van der Waals surface area (Å²) >= 11 is 0. The molecule has 2 atom stereocenters. The lowest BCUT2D eigenvalue weighted by Crippen LogP contribution is -2.19. The van der Waals surface area contributed by atoms with Gasteiger partial charge in [-0.25, -0.2) is 4.79 Å². The number of rotatable bonds is 4. The Kier molecular flexibility index (Phi) is 3.95. The minimum absolute atomic E-state index is 0.138. The van der Waals surface area contributed by atoms with Crippen LogP contribution < -0.4 is 0 Å². The fraction of sp³-hybridized carbons (Fsp3) is 0.700. The van der Waals surface area contributed by atoms with Crippen molar-refractivity contribution < 1.29 is 19.0 Å². The molecule has 0 aromatic rings. The van der Waals surface area contributed by atoms with Crippen LogP contribution in [0.2, 0.25) is 0 Å². The molecule has 80 valence electrons. The van der Waals surface area contributed by atoms with Gasteiger partial charge in [0.25, 0.3) is 0 Å². The highest BCUT2D eigenvalue weighted by Crippen LogP contribution is 2.26. The van der Waals surface area contributed by atoms with Gasteiger partial charge < -0.3 is 14.2 Å². The fourth-order valence-electron chi connectivity index (χ4n) is 1.38. The van der Waals surface area contributed by atoms with Crippen molar-refractivity contribution in [3.8, 4) is 0 Å². The Labute approximate surface area is 83.8 Å². The third kappa shape index (κ3) is 2.26. The number of ether oxygens (including phenoxy) is 3. The molecular formula is C10H16O4. The molecule has 1 aliphatic rings. The first-order valence-corrected chi connectivity index (χ1v) is 4.81. The maximum Gasteiger partial charge on any atom is 0.373 e. The maximum absolute atomic E-state index is 11.3. The molecular weight excluding hydrogens is 184 g/mol. The summed E-state index contributed by atoms with van der Waals surface area (Å²) in [5.74, 6) is -0.00421. The molecule has 0 bridgehead atoms. The molecule has 1 aliphatic heterocycles. The van der Waals surface area contributed by atoms with Crippen LogP contribution in [0.25, 0.3) is 0 Å². The minimum Gasteiger partial charge on any atom is -0.460 e. The lowest BCUT2D eigenvalue weighted by Gasteiger charge is -2.15. The quantitative estimate of drug-likeness (QED) is 0.644. The van der Waals surface area contributed by atoms with Crippen molar-refractivity contribution in [3.63, 3.8) is 0 Å². The van der Waals surface area contributed by atoms with Gasteiger partial charge >= 0.3 is 5.97 Å². The summed E-state index contributed by atoms with van der Waals surface area (Å²) in [4.78, 5) is 11.3. The van der Waals surface area contributed by atoms with Crippen molar-refractivity contribution in [1.82, 2.24) is 0 Å². The van der Waals surface area contributed by atoms with Gasteiger partial charge in [0.15, 0.2) is 0 Å². The smallest absolute Gasteiger partial charge is 0.373 e. The third-order valence-electron chi connectivity index (χ3n) is 2.14. The van der Waals surface area contributed by atoms with Crippen LogP contribution in [0.15, 0.2) is 11.8 Å². The van der Waals surface area contributed by atoms with E-state index in [4.69, 9.17) is 14.2 Å². The predicted octanol–water partition coefficient (Wildman–Crippen LogP) is 1.46. The number of hydrogen-bond acceptors (Lipinski definition) is 4. The van der Waals surface area contributed by atoms with Crippen LogP contribution in [-0.2, 0) is 19.0 Å². The van der Waals surface area contributed by atoms with E-state index in [9.17, 15) is 4.79 Å². The number of hydrogen-bond donors (Lipinski definition) is 0. The van der Waals surface area contributed by atoms with Crippen LogP contribution in [0.4, 0.5) is 0 Å². The van der Waals surface area contributed by atoms with E-state index in [0.29, 0.717) is 6.61 Å². The van der Waals surface area contributed by atoms with Crippen LogP contribution >= 0.6 is 0 Å². The Morgan fingerprint density at radius 3 is 2.71 bits per heavy atom. The van der Waals surface area contributed by atoms with Crippen LogP contribution in [0.1, 0.15) is 20.3 Å². The van der Waals surface area contributed by atoms with Crippen LogP contribution in [0.3, 0.4) is 0 Å². The molecule has 0 saturated carbocycles. The number of methoxy groups -OCH3 is 1. The largest absolute Gasteiger partial charge is 0.460 e. The predicted molar refractivity (Wildman–Crippen MR) is 50.4 cm³/mol. The molecule has 0 spiro atoms. The Balaban J connectivity index is 2.60. The van der Waals surface area contributed by atoms with Gasteiger partial charge in [0.05, 0.1) is 6.61 Å². The Bertz CT molecular complexity index is 234. The zero-order valence-corrected chi connectivity index (χ0v) is 8.78. The Hall–Kier alpha value is -1.03. The van der Waals surface area contributed by atoms with E-state index >= 15 is 0 Å². The molecule has 0 unspecified atom stereocenters. The zero-order chi connectivity index (χ0) is 10.6. The van der Waals surface area contributed by atoms with Crippen molar-refractivity contribution in [1.29, 1.82) is 0 Å². The Morgan fingerprint density at radius 2 is 2.29 bits per heavy atom. The average Bonchev–Trinajstić information content (AvgIpc) is 2.61. The molecule has 0 N–H and O–H groups in total. The van der Waals surface area contributed by atoms with E-state index in [-0.39, 0.29) is 18.0 Å². The van der Waals surface area contributed by atoms with Crippen LogP contribution in [0.5, 0.6) is 0 Å². The number of esters is 1. The van der Waals surface area contributed by atoms with Crippen molar-refractivity contribution in [3.05, 3.63) is 11.8 Å². The third-order valence-corrected chi connectivity index (χ3v) is 2.14. The summed E-state index contributed by atoms with van der Waals surface area (Å²) in [5, 5.41) is 0. The van der Waals surface area contributed by atoms with Gasteiger partial charge in [-0.15, -0.1) is 0 Å². The normalized spacial score (nSPS) is 25.5. The Morgan fingerprint density at radius 1 is 1.57 bits per heavy atom. The second-order valence-corrected chi connectivity index (χ2v) is 3.05. The van der Waals surface area contributed by atoms with E-state index < -0.39 is 5.97 Å². The molecule has 0 saturated heterocycles. The van der Waals surface area contributed by atoms with Crippen molar-refractivity contribution >= 4 is 5.97 Å². The molecule has 0 aromatic carbocycles. The standard InChI is InChI=1S/C10H16O4/c1-4-7-6-8(9(11)13-5-2)14-10(7)12-3/h6-7,10H,4-5H2,1-3H3/t7-,10+/m1/s1. The molecule has 14 heavy (non-hydrogen) atoms. The van der Waals surface area contributed by atoms with Gasteiger partial charge in [-0.2, -0.15) is 0 Å². The number of carbonyl (C=O) groups excluding carboxylic acids is 1. The van der Waals surface area contributed by atoms with E-state index in [1.165, 1.54) is 0 Å². The first kappa shape index (κ1) is 11.0. The average molecular weight is 200 g/mol. The molecule has 0 aromatic heterocycles. The first-order chi connectivity index (χ1) is 6.72. The molecule has 4 nitrogen and oxygen atoms in total. The lowest BCUT2D eigenvalue weighted by atomic mass is 10.1. The minimum atomic E-state index is -0.412. The van der Waals surface area contributed by atoms with Gasteiger partial charge in [-0.1, -0.05) is 6.92 Å². The molecule has 4 heteroatoms. The molecule has 0 fully saturated rings. The highest BCUT2D eigenvalue weighted by atomic mass is 16.7. The summed E-state index contributed by atoms with van der Waals surface area (Å²) in [7, 11) is 1.56. The molecule has 0 aliphatic carbocycles. The van der Waals surface area contributed by atoms with Gasteiger partial charge in [0.2, 0.25) is 12.0 Å². The van der Waals surface area contributed by atoms with E-state index in [1.54, 1.807) is 20.1 Å². The summed E-state index contributed by atoms with van der Waals surface area (Å²) in [6.45, 7) is 4.14. The molecule has 0 amide bonds. The molecule has 0 radical (unpaired) electrons. The van der Waals surface area contributed by atoms with Crippen LogP contribution in [-0.4, -0.2) is 26.0 Å². The van der Waals surface area contributed by atoms with Gasteiger partial charge in [-0.3, -0.25) is 0 Å². The fourth-order valence-corrected chi connectivity index (χ4v) is 1.38. The molecule has 1 heterocycles. The SMILES string of the molecule is CCOC(=O)C1=C[C@@H](CC)[C@@H](OC)O1. The lowest BCUT2D eigenvalue weighted by molar-refractivity contribution is -0.151. The number of carbonyl (C=O) groups is 1. The summed E-state index contributed by atoms with van der Waals surface area (Å²) in [6, 6.07) is 0. The highest BCUT2D eigenvalue weighted by molar-refractivity contribution is 5.86. The summed E-state index contributed by atoms with van der Waals surface area (Å²) < 4.78 is 15.2. The summed E-state index contributed by atoms with van der Waals surface area (Å²) in [5.41, 5.74) is 0. The monoisotopic (exact) mass is 200 g/mol. The van der Waals surface area contributed by atoms with Crippen LogP contribution in [0, 0.1) is 5.92 Å². The van der Waals surface area contributed by atoms with Gasteiger partial charge in [0.1, 0.15) is 0 Å². The first-order valence-electron chi connectivity index (χ1n) is 4.81.